The van der Waals surface area contributed by atoms with Crippen LogP contribution in [-0.4, -0.2) is 11.2 Å². The molecule has 1 N–H and O–H groups in total. The Morgan fingerprint density at radius 2 is 1.94 bits per heavy atom. The molecular weight excluding hydrogens is 196 g/mol. The Morgan fingerprint density at radius 1 is 1.25 bits per heavy atom. The van der Waals surface area contributed by atoms with E-state index < -0.39 is 0 Å². The van der Waals surface area contributed by atoms with Crippen LogP contribution in [0.15, 0.2) is 18.2 Å². The van der Waals surface area contributed by atoms with E-state index in [9.17, 15) is 5.11 Å². The van der Waals surface area contributed by atoms with Crippen molar-refractivity contribution in [2.75, 3.05) is 0 Å². The largest absolute Gasteiger partial charge is 0.392 e. The van der Waals surface area contributed by atoms with Crippen LogP contribution in [0.3, 0.4) is 0 Å². The highest BCUT2D eigenvalue weighted by Gasteiger charge is 2.32. The lowest BCUT2D eigenvalue weighted by atomic mass is 9.93. The van der Waals surface area contributed by atoms with E-state index in [0.717, 1.165) is 12.3 Å². The second-order valence-corrected chi connectivity index (χ2v) is 5.39. The van der Waals surface area contributed by atoms with Crippen LogP contribution < -0.4 is 0 Å². The minimum atomic E-state index is -0.172. The molecule has 1 aliphatic rings. The summed E-state index contributed by atoms with van der Waals surface area (Å²) in [4.78, 5) is 0. The summed E-state index contributed by atoms with van der Waals surface area (Å²) in [6, 6.07) is 6.50. The van der Waals surface area contributed by atoms with E-state index in [-0.39, 0.29) is 6.10 Å². The van der Waals surface area contributed by atoms with E-state index in [2.05, 4.69) is 39.0 Å². The SMILES string of the molecule is Cc1ccc(CC(O)C(C)C2CC2)cc1C. The molecule has 0 radical (unpaired) electrons. The van der Waals surface area contributed by atoms with E-state index in [0.29, 0.717) is 5.92 Å². The Bertz CT molecular complexity index is 366. The number of rotatable bonds is 4. The predicted octanol–water partition coefficient (Wildman–Crippen LogP) is 3.25. The Balaban J connectivity index is 1.99. The fourth-order valence-electron chi connectivity index (χ4n) is 2.29. The average Bonchev–Trinajstić information content (AvgIpc) is 3.06. The van der Waals surface area contributed by atoms with Crippen molar-refractivity contribution in [2.45, 2.75) is 46.1 Å². The molecule has 0 saturated heterocycles. The molecule has 0 aromatic heterocycles. The average molecular weight is 218 g/mol. The highest BCUT2D eigenvalue weighted by Crippen LogP contribution is 2.38. The zero-order valence-corrected chi connectivity index (χ0v) is 10.5. The zero-order valence-electron chi connectivity index (χ0n) is 10.5. The third kappa shape index (κ3) is 2.65. The molecule has 1 aromatic rings. The molecule has 1 aromatic carbocycles. The van der Waals surface area contributed by atoms with E-state index >= 15 is 0 Å². The number of aliphatic hydroxyl groups excluding tert-OH is 1. The van der Waals surface area contributed by atoms with Crippen molar-refractivity contribution in [3.8, 4) is 0 Å². The van der Waals surface area contributed by atoms with Crippen LogP contribution in [0.1, 0.15) is 36.5 Å². The molecule has 0 heterocycles. The van der Waals surface area contributed by atoms with Crippen molar-refractivity contribution in [2.24, 2.45) is 11.8 Å². The number of hydrogen-bond donors (Lipinski definition) is 1. The van der Waals surface area contributed by atoms with Crippen molar-refractivity contribution >= 4 is 0 Å². The quantitative estimate of drug-likeness (QED) is 0.822. The standard InChI is InChI=1S/C15H22O/c1-10-4-5-13(8-11(10)2)9-15(16)12(3)14-6-7-14/h4-5,8,12,14-16H,6-7,9H2,1-3H3. The fourth-order valence-corrected chi connectivity index (χ4v) is 2.29. The van der Waals surface area contributed by atoms with Crippen LogP contribution >= 0.6 is 0 Å². The minimum Gasteiger partial charge on any atom is -0.392 e. The fraction of sp³-hybridized carbons (Fsp3) is 0.600. The van der Waals surface area contributed by atoms with Gasteiger partial charge >= 0.3 is 0 Å². The highest BCUT2D eigenvalue weighted by molar-refractivity contribution is 5.30. The molecular formula is C15H22O. The van der Waals surface area contributed by atoms with Gasteiger partial charge in [0.1, 0.15) is 0 Å². The Hall–Kier alpha value is -0.820. The second kappa shape index (κ2) is 4.58. The number of aryl methyl sites for hydroxylation is 2. The van der Waals surface area contributed by atoms with Gasteiger partial charge in [-0.3, -0.25) is 0 Å². The van der Waals surface area contributed by atoms with Crippen LogP contribution in [0.25, 0.3) is 0 Å². The first-order valence-electron chi connectivity index (χ1n) is 6.32. The second-order valence-electron chi connectivity index (χ2n) is 5.39. The van der Waals surface area contributed by atoms with Crippen molar-refractivity contribution in [1.82, 2.24) is 0 Å². The minimum absolute atomic E-state index is 0.172. The summed E-state index contributed by atoms with van der Waals surface area (Å²) >= 11 is 0. The molecule has 1 saturated carbocycles. The van der Waals surface area contributed by atoms with Gasteiger partial charge in [-0.15, -0.1) is 0 Å². The molecule has 2 unspecified atom stereocenters. The van der Waals surface area contributed by atoms with E-state index in [1.54, 1.807) is 0 Å². The maximum absolute atomic E-state index is 10.1. The summed E-state index contributed by atoms with van der Waals surface area (Å²) in [5.41, 5.74) is 3.92. The summed E-state index contributed by atoms with van der Waals surface area (Å²) in [7, 11) is 0. The molecule has 16 heavy (non-hydrogen) atoms. The van der Waals surface area contributed by atoms with E-state index in [1.165, 1.54) is 29.5 Å². The smallest absolute Gasteiger partial charge is 0.0608 e. The van der Waals surface area contributed by atoms with Gasteiger partial charge in [-0.2, -0.15) is 0 Å². The summed E-state index contributed by atoms with van der Waals surface area (Å²) in [5, 5.41) is 10.1. The van der Waals surface area contributed by atoms with Crippen molar-refractivity contribution in [1.29, 1.82) is 0 Å². The third-order valence-electron chi connectivity index (χ3n) is 3.99. The molecule has 0 bridgehead atoms. The van der Waals surface area contributed by atoms with Gasteiger partial charge < -0.3 is 5.11 Å². The summed E-state index contributed by atoms with van der Waals surface area (Å²) in [6.07, 6.45) is 3.25. The van der Waals surface area contributed by atoms with Crippen LogP contribution in [0, 0.1) is 25.7 Å². The Labute approximate surface area is 98.5 Å². The van der Waals surface area contributed by atoms with Gasteiger partial charge in [0.15, 0.2) is 0 Å². The van der Waals surface area contributed by atoms with Gasteiger partial charge in [0.05, 0.1) is 6.10 Å². The number of aliphatic hydroxyl groups is 1. The first kappa shape index (κ1) is 11.7. The lowest BCUT2D eigenvalue weighted by molar-refractivity contribution is 0.105. The van der Waals surface area contributed by atoms with Gasteiger partial charge in [0.2, 0.25) is 0 Å². The normalized spacial score (nSPS) is 19.5. The van der Waals surface area contributed by atoms with Crippen LogP contribution in [0.5, 0.6) is 0 Å². The van der Waals surface area contributed by atoms with Gasteiger partial charge in [0, 0.05) is 0 Å². The van der Waals surface area contributed by atoms with Crippen LogP contribution in [0.4, 0.5) is 0 Å². The zero-order chi connectivity index (χ0) is 11.7. The molecule has 1 heteroatoms. The van der Waals surface area contributed by atoms with Crippen molar-refractivity contribution in [3.05, 3.63) is 34.9 Å². The van der Waals surface area contributed by atoms with Crippen molar-refractivity contribution < 1.29 is 5.11 Å². The first-order valence-corrected chi connectivity index (χ1v) is 6.32. The Kier molecular flexibility index (Phi) is 3.34. The highest BCUT2D eigenvalue weighted by atomic mass is 16.3. The van der Waals surface area contributed by atoms with Gasteiger partial charge in [-0.25, -0.2) is 0 Å². The maximum atomic E-state index is 10.1. The number of hydrogen-bond acceptors (Lipinski definition) is 1. The first-order chi connectivity index (χ1) is 7.58. The van der Waals surface area contributed by atoms with E-state index in [4.69, 9.17) is 0 Å². The molecule has 2 rings (SSSR count). The van der Waals surface area contributed by atoms with Crippen molar-refractivity contribution in [3.63, 3.8) is 0 Å². The van der Waals surface area contributed by atoms with E-state index in [1.807, 2.05) is 0 Å². The maximum Gasteiger partial charge on any atom is 0.0608 e. The molecule has 0 spiro atoms. The molecule has 0 aliphatic heterocycles. The lowest BCUT2D eigenvalue weighted by Crippen LogP contribution is -2.21. The molecule has 88 valence electrons. The van der Waals surface area contributed by atoms with Gasteiger partial charge in [0.25, 0.3) is 0 Å². The van der Waals surface area contributed by atoms with Gasteiger partial charge in [-0.1, -0.05) is 25.1 Å². The topological polar surface area (TPSA) is 20.2 Å². The number of benzene rings is 1. The monoisotopic (exact) mass is 218 g/mol. The third-order valence-corrected chi connectivity index (χ3v) is 3.99. The van der Waals surface area contributed by atoms with Crippen LogP contribution in [-0.2, 0) is 6.42 Å². The predicted molar refractivity (Wildman–Crippen MR) is 67.5 cm³/mol. The summed E-state index contributed by atoms with van der Waals surface area (Å²) in [6.45, 7) is 6.45. The summed E-state index contributed by atoms with van der Waals surface area (Å²) in [5.74, 6) is 1.24. The molecule has 1 fully saturated rings. The molecule has 1 aliphatic carbocycles. The summed E-state index contributed by atoms with van der Waals surface area (Å²) < 4.78 is 0. The Morgan fingerprint density at radius 3 is 2.50 bits per heavy atom. The molecule has 1 nitrogen and oxygen atoms in total. The lowest BCUT2D eigenvalue weighted by Gasteiger charge is -2.18. The van der Waals surface area contributed by atoms with Gasteiger partial charge in [-0.05, 0) is 61.6 Å². The van der Waals surface area contributed by atoms with Crippen LogP contribution in [0.2, 0.25) is 0 Å². The molecule has 0 amide bonds. The molecule has 2 atom stereocenters.